The van der Waals surface area contributed by atoms with Gasteiger partial charge in [0.1, 0.15) is 12.8 Å². The number of carbonyl (C=O) groups is 1. The maximum absolute atomic E-state index is 10.4. The number of nitrogens with zero attached hydrogens (tertiary/aromatic N) is 2. The normalized spacial score (nSPS) is 12.6. The minimum Gasteiger partial charge on any atom is -0.480 e. The summed E-state index contributed by atoms with van der Waals surface area (Å²) in [5.41, 5.74) is 5.24. The lowest BCUT2D eigenvalue weighted by atomic mass is 10.6. The predicted octanol–water partition coefficient (Wildman–Crippen LogP) is -1.55. The first kappa shape index (κ1) is 12.9. The molecular weight excluding hydrogens is 213 g/mol. The molecule has 0 atom stereocenters. The van der Waals surface area contributed by atoms with Crippen molar-refractivity contribution in [3.05, 3.63) is 0 Å². The van der Waals surface area contributed by atoms with Gasteiger partial charge in [-0.1, -0.05) is 0 Å². The predicted molar refractivity (Wildman–Crippen MR) is 48.8 cm³/mol. The fourth-order valence-electron chi connectivity index (χ4n) is 0.569. The van der Waals surface area contributed by atoms with Crippen LogP contribution in [0, 0.1) is 0 Å². The molecule has 0 radical (unpaired) electrons. The number of likely N-dealkylation sites (N-methyl/N-ethyl adjacent to an activating group) is 1. The van der Waals surface area contributed by atoms with Gasteiger partial charge in [0.25, 0.3) is 0 Å². The van der Waals surface area contributed by atoms with E-state index in [4.69, 9.17) is 20.6 Å². The Morgan fingerprint density at radius 2 is 2.07 bits per heavy atom. The van der Waals surface area contributed by atoms with Crippen molar-refractivity contribution in [2.75, 3.05) is 19.9 Å². The number of carboxylic acids is 1. The fourth-order valence-corrected chi connectivity index (χ4v) is 0.898. The summed E-state index contributed by atoms with van der Waals surface area (Å²) in [5.74, 6) is -1.34. The van der Waals surface area contributed by atoms with Crippen LogP contribution in [-0.2, 0) is 9.36 Å². The number of guanidine groups is 1. The molecule has 8 nitrogen and oxygen atoms in total. The Morgan fingerprint density at radius 1 is 1.57 bits per heavy atom. The monoisotopic (exact) mass is 225 g/mol. The van der Waals surface area contributed by atoms with Crippen LogP contribution in [0.15, 0.2) is 4.99 Å². The highest BCUT2D eigenvalue weighted by atomic mass is 31.2. The molecule has 0 fully saturated rings. The van der Waals surface area contributed by atoms with Gasteiger partial charge < -0.3 is 25.5 Å². The first-order valence-electron chi connectivity index (χ1n) is 3.50. The molecule has 0 saturated heterocycles. The highest BCUT2D eigenvalue weighted by Gasteiger charge is 2.13. The van der Waals surface area contributed by atoms with E-state index in [9.17, 15) is 9.36 Å². The van der Waals surface area contributed by atoms with Gasteiger partial charge in [-0.2, -0.15) is 0 Å². The third-order valence-electron chi connectivity index (χ3n) is 1.18. The molecule has 0 aromatic rings. The molecule has 82 valence electrons. The Kier molecular flexibility index (Phi) is 4.55. The average Bonchev–Trinajstić information content (AvgIpc) is 1.97. The Morgan fingerprint density at radius 3 is 2.43 bits per heavy atom. The van der Waals surface area contributed by atoms with E-state index >= 15 is 0 Å². The van der Waals surface area contributed by atoms with E-state index in [0.717, 1.165) is 4.90 Å². The second-order valence-electron chi connectivity index (χ2n) is 2.57. The molecule has 0 aliphatic rings. The number of hydrogen-bond donors (Lipinski definition) is 4. The van der Waals surface area contributed by atoms with Crippen LogP contribution >= 0.6 is 7.60 Å². The molecule has 0 bridgehead atoms. The second kappa shape index (κ2) is 4.94. The van der Waals surface area contributed by atoms with Crippen molar-refractivity contribution in [3.8, 4) is 0 Å². The van der Waals surface area contributed by atoms with E-state index in [1.807, 2.05) is 0 Å². The molecule has 0 aromatic carbocycles. The number of rotatable bonds is 4. The molecule has 14 heavy (non-hydrogen) atoms. The van der Waals surface area contributed by atoms with Crippen LogP contribution in [-0.4, -0.2) is 51.6 Å². The first-order chi connectivity index (χ1) is 6.22. The third-order valence-corrected chi connectivity index (χ3v) is 1.69. The molecule has 0 saturated carbocycles. The van der Waals surface area contributed by atoms with E-state index in [1.54, 1.807) is 0 Å². The zero-order valence-corrected chi connectivity index (χ0v) is 8.39. The van der Waals surface area contributed by atoms with E-state index in [2.05, 4.69) is 4.99 Å². The second-order valence-corrected chi connectivity index (χ2v) is 4.18. The van der Waals surface area contributed by atoms with Crippen LogP contribution in [0.1, 0.15) is 0 Å². The van der Waals surface area contributed by atoms with Crippen molar-refractivity contribution in [1.82, 2.24) is 4.90 Å². The largest absolute Gasteiger partial charge is 0.480 e. The zero-order valence-electron chi connectivity index (χ0n) is 7.49. The van der Waals surface area contributed by atoms with Crippen LogP contribution < -0.4 is 5.73 Å². The number of aliphatic imine (C=N–C) groups is 1. The van der Waals surface area contributed by atoms with Gasteiger partial charge in [0, 0.05) is 7.05 Å². The summed E-state index contributed by atoms with van der Waals surface area (Å²) in [7, 11) is -2.88. The maximum atomic E-state index is 10.4. The van der Waals surface area contributed by atoms with Crippen LogP contribution in [0.5, 0.6) is 0 Å². The lowest BCUT2D eigenvalue weighted by Crippen LogP contribution is -2.37. The standard InChI is InChI=1S/C5H12N3O5P/c1-8(2-4(9)10)5(6)7-3-14(11,12)13/h2-3H2,1H3,(H2,6,7)(H,9,10)(H2,11,12,13). The summed E-state index contributed by atoms with van der Waals surface area (Å²) in [5, 5.41) is 8.36. The van der Waals surface area contributed by atoms with E-state index in [0.29, 0.717) is 0 Å². The first-order valence-corrected chi connectivity index (χ1v) is 5.29. The third kappa shape index (κ3) is 6.41. The topological polar surface area (TPSA) is 136 Å². The molecule has 0 aromatic heterocycles. The van der Waals surface area contributed by atoms with Gasteiger partial charge in [-0.3, -0.25) is 9.36 Å². The SMILES string of the molecule is CN(CC(=O)O)C(N)=NCP(=O)(O)O. The molecule has 0 heterocycles. The van der Waals surface area contributed by atoms with E-state index in [-0.39, 0.29) is 12.5 Å². The maximum Gasteiger partial charge on any atom is 0.346 e. The van der Waals surface area contributed by atoms with Gasteiger partial charge in [0.15, 0.2) is 5.96 Å². The number of carboxylic acid groups (broad SMARTS) is 1. The fraction of sp³-hybridized carbons (Fsp3) is 0.600. The summed E-state index contributed by atoms with van der Waals surface area (Å²) in [4.78, 5) is 31.5. The van der Waals surface area contributed by atoms with Crippen molar-refractivity contribution in [2.24, 2.45) is 10.7 Å². The average molecular weight is 225 g/mol. The van der Waals surface area contributed by atoms with Crippen molar-refractivity contribution in [2.45, 2.75) is 0 Å². The molecule has 9 heteroatoms. The van der Waals surface area contributed by atoms with Gasteiger partial charge in [-0.25, -0.2) is 4.99 Å². The lowest BCUT2D eigenvalue weighted by molar-refractivity contribution is -0.137. The highest BCUT2D eigenvalue weighted by molar-refractivity contribution is 7.51. The quantitative estimate of drug-likeness (QED) is 0.258. The van der Waals surface area contributed by atoms with Crippen LogP contribution in [0.3, 0.4) is 0 Å². The minimum absolute atomic E-state index is 0.226. The van der Waals surface area contributed by atoms with Gasteiger partial charge >= 0.3 is 13.6 Å². The lowest BCUT2D eigenvalue weighted by Gasteiger charge is -2.14. The van der Waals surface area contributed by atoms with E-state index in [1.165, 1.54) is 7.05 Å². The van der Waals surface area contributed by atoms with Gasteiger partial charge in [-0.05, 0) is 0 Å². The zero-order chi connectivity index (χ0) is 11.4. The number of hydrogen-bond acceptors (Lipinski definition) is 3. The Labute approximate surface area is 80.2 Å². The Bertz CT molecular complexity index is 285. The molecule has 5 N–H and O–H groups in total. The minimum atomic E-state index is -4.24. The van der Waals surface area contributed by atoms with Crippen molar-refractivity contribution in [1.29, 1.82) is 0 Å². The van der Waals surface area contributed by atoms with Crippen molar-refractivity contribution in [3.63, 3.8) is 0 Å². The summed E-state index contributed by atoms with van der Waals surface area (Å²) in [6, 6.07) is 0. The molecule has 0 aliphatic carbocycles. The smallest absolute Gasteiger partial charge is 0.346 e. The summed E-state index contributed by atoms with van der Waals surface area (Å²) >= 11 is 0. The highest BCUT2D eigenvalue weighted by Crippen LogP contribution is 2.33. The molecule has 0 spiro atoms. The summed E-state index contributed by atoms with van der Waals surface area (Å²) < 4.78 is 10.4. The van der Waals surface area contributed by atoms with Gasteiger partial charge in [-0.15, -0.1) is 0 Å². The van der Waals surface area contributed by atoms with Gasteiger partial charge in [0.05, 0.1) is 0 Å². The summed E-state index contributed by atoms with van der Waals surface area (Å²) in [6.07, 6.45) is -0.747. The van der Waals surface area contributed by atoms with Gasteiger partial charge in [0.2, 0.25) is 0 Å². The van der Waals surface area contributed by atoms with Crippen molar-refractivity contribution < 1.29 is 24.3 Å². The van der Waals surface area contributed by atoms with Crippen molar-refractivity contribution >= 4 is 19.5 Å². The van der Waals surface area contributed by atoms with E-state index < -0.39 is 19.9 Å². The molecule has 0 rings (SSSR count). The number of aliphatic carboxylic acids is 1. The Balaban J connectivity index is 4.24. The number of nitrogens with two attached hydrogens (primary N) is 1. The molecule has 0 amide bonds. The van der Waals surface area contributed by atoms with Crippen LogP contribution in [0.25, 0.3) is 0 Å². The molecule has 0 unspecified atom stereocenters. The molecule has 0 aliphatic heterocycles. The Hall–Kier alpha value is -1.11. The van der Waals surface area contributed by atoms with Crippen LogP contribution in [0.4, 0.5) is 0 Å². The summed E-state index contributed by atoms with van der Waals surface area (Å²) in [6.45, 7) is -0.378. The van der Waals surface area contributed by atoms with Crippen LogP contribution in [0.2, 0.25) is 0 Å². The molecular formula is C5H12N3O5P.